The van der Waals surface area contributed by atoms with Gasteiger partial charge >= 0.3 is 0 Å². The molecule has 0 saturated carbocycles. The number of aliphatic hydroxyl groups is 1. The molecule has 0 heterocycles. The molecule has 0 radical (unpaired) electrons. The number of nitrogens with one attached hydrogen (secondary N) is 1. The lowest BCUT2D eigenvalue weighted by Crippen LogP contribution is -2.25. The van der Waals surface area contributed by atoms with Crippen LogP contribution in [0.2, 0.25) is 0 Å². The molecule has 0 amide bonds. The number of benzene rings is 2. The van der Waals surface area contributed by atoms with Crippen molar-refractivity contribution in [2.75, 3.05) is 6.54 Å². The van der Waals surface area contributed by atoms with Gasteiger partial charge in [0.1, 0.15) is 0 Å². The van der Waals surface area contributed by atoms with Crippen LogP contribution in [0.5, 0.6) is 0 Å². The fraction of sp³-hybridized carbons (Fsp3) is 0.250. The van der Waals surface area contributed by atoms with Crippen LogP contribution in [0.4, 0.5) is 0 Å². The summed E-state index contributed by atoms with van der Waals surface area (Å²) in [5.41, 5.74) is 1.89. The Labute approximate surface area is 125 Å². The smallest absolute Gasteiger partial charge is 0.240 e. The monoisotopic (exact) mass is 305 g/mol. The highest BCUT2D eigenvalue weighted by Gasteiger charge is 2.12. The van der Waals surface area contributed by atoms with Crippen molar-refractivity contribution in [2.45, 2.75) is 24.3 Å². The third-order valence-electron chi connectivity index (χ3n) is 3.19. The molecule has 2 N–H and O–H groups in total. The van der Waals surface area contributed by atoms with Crippen molar-refractivity contribution in [1.29, 1.82) is 0 Å². The van der Waals surface area contributed by atoms with E-state index in [0.29, 0.717) is 12.1 Å². The Balaban J connectivity index is 1.86. The number of sulfonamides is 1. The van der Waals surface area contributed by atoms with Gasteiger partial charge in [-0.2, -0.15) is 0 Å². The van der Waals surface area contributed by atoms with Crippen molar-refractivity contribution in [3.8, 4) is 0 Å². The van der Waals surface area contributed by atoms with Gasteiger partial charge in [-0.15, -0.1) is 0 Å². The van der Waals surface area contributed by atoms with Gasteiger partial charge in [0, 0.05) is 6.54 Å². The summed E-state index contributed by atoms with van der Waals surface area (Å²) in [4.78, 5) is 0.222. The van der Waals surface area contributed by atoms with Crippen molar-refractivity contribution >= 4 is 10.0 Å². The van der Waals surface area contributed by atoms with Gasteiger partial charge < -0.3 is 5.11 Å². The topological polar surface area (TPSA) is 66.4 Å². The molecule has 0 unspecified atom stereocenters. The van der Waals surface area contributed by atoms with E-state index in [9.17, 15) is 8.42 Å². The second kappa shape index (κ2) is 7.36. The predicted molar refractivity (Wildman–Crippen MR) is 82.3 cm³/mol. The molecule has 5 heteroatoms. The van der Waals surface area contributed by atoms with Gasteiger partial charge in [0.2, 0.25) is 10.0 Å². The highest BCUT2D eigenvalue weighted by molar-refractivity contribution is 7.89. The lowest BCUT2D eigenvalue weighted by molar-refractivity contribution is 0.282. The van der Waals surface area contributed by atoms with Crippen LogP contribution in [0.3, 0.4) is 0 Å². The number of aliphatic hydroxyl groups excluding tert-OH is 1. The molecular weight excluding hydrogens is 286 g/mol. The second-order valence-corrected chi connectivity index (χ2v) is 6.56. The summed E-state index contributed by atoms with van der Waals surface area (Å²) in [5, 5.41) is 8.95. The van der Waals surface area contributed by atoms with Crippen LogP contribution in [-0.2, 0) is 23.1 Å². The zero-order valence-corrected chi connectivity index (χ0v) is 12.5. The molecule has 0 aliphatic heterocycles. The van der Waals surface area contributed by atoms with E-state index < -0.39 is 10.0 Å². The zero-order valence-electron chi connectivity index (χ0n) is 11.7. The molecule has 0 aliphatic rings. The Morgan fingerprint density at radius 1 is 0.905 bits per heavy atom. The van der Waals surface area contributed by atoms with E-state index in [1.165, 1.54) is 17.7 Å². The Kier molecular flexibility index (Phi) is 5.50. The van der Waals surface area contributed by atoms with Gasteiger partial charge in [-0.05, 0) is 36.1 Å². The molecule has 0 aliphatic carbocycles. The third kappa shape index (κ3) is 4.67. The summed E-state index contributed by atoms with van der Waals surface area (Å²) in [5.74, 6) is 0. The Hall–Kier alpha value is -1.69. The van der Waals surface area contributed by atoms with Crippen molar-refractivity contribution in [3.63, 3.8) is 0 Å². The fourth-order valence-electron chi connectivity index (χ4n) is 2.00. The lowest BCUT2D eigenvalue weighted by Gasteiger charge is -2.07. The summed E-state index contributed by atoms with van der Waals surface area (Å²) in [6.07, 6.45) is 1.59. The van der Waals surface area contributed by atoms with E-state index in [1.54, 1.807) is 12.1 Å². The molecule has 0 aromatic heterocycles. The van der Waals surface area contributed by atoms with Crippen LogP contribution in [0.1, 0.15) is 17.5 Å². The standard InChI is InChI=1S/C16H19NO3S/c18-13-15-8-10-16(11-9-15)21(19,20)17-12-4-7-14-5-2-1-3-6-14/h1-3,5-6,8-11,17-18H,4,7,12-13H2. The molecule has 0 spiro atoms. The molecule has 0 saturated heterocycles. The van der Waals surface area contributed by atoms with Crippen molar-refractivity contribution in [3.05, 3.63) is 65.7 Å². The predicted octanol–water partition coefficient (Wildman–Crippen LogP) is 2.09. The first-order valence-corrected chi connectivity index (χ1v) is 8.33. The van der Waals surface area contributed by atoms with Gasteiger partial charge in [0.05, 0.1) is 11.5 Å². The highest BCUT2D eigenvalue weighted by atomic mass is 32.2. The molecule has 2 rings (SSSR count). The van der Waals surface area contributed by atoms with E-state index in [2.05, 4.69) is 4.72 Å². The largest absolute Gasteiger partial charge is 0.392 e. The first kappa shape index (κ1) is 15.7. The minimum Gasteiger partial charge on any atom is -0.392 e. The molecule has 112 valence electrons. The Morgan fingerprint density at radius 2 is 1.57 bits per heavy atom. The van der Waals surface area contributed by atoms with Crippen LogP contribution < -0.4 is 4.72 Å². The third-order valence-corrected chi connectivity index (χ3v) is 4.67. The quantitative estimate of drug-likeness (QED) is 0.770. The highest BCUT2D eigenvalue weighted by Crippen LogP contribution is 2.10. The summed E-state index contributed by atoms with van der Waals surface area (Å²) >= 11 is 0. The Bertz CT molecular complexity index is 652. The molecule has 2 aromatic rings. The van der Waals surface area contributed by atoms with Crippen molar-refractivity contribution in [1.82, 2.24) is 4.72 Å². The van der Waals surface area contributed by atoms with Gasteiger partial charge in [0.15, 0.2) is 0 Å². The summed E-state index contributed by atoms with van der Waals surface area (Å²) < 4.78 is 26.7. The maximum absolute atomic E-state index is 12.1. The molecule has 21 heavy (non-hydrogen) atoms. The van der Waals surface area contributed by atoms with Gasteiger partial charge in [-0.1, -0.05) is 42.5 Å². The van der Waals surface area contributed by atoms with Crippen LogP contribution in [0, 0.1) is 0 Å². The molecular formula is C16H19NO3S. The maximum atomic E-state index is 12.1. The number of hydrogen-bond donors (Lipinski definition) is 2. The maximum Gasteiger partial charge on any atom is 0.240 e. The minimum atomic E-state index is -3.47. The van der Waals surface area contributed by atoms with Gasteiger partial charge in [-0.3, -0.25) is 0 Å². The van der Waals surface area contributed by atoms with Crippen molar-refractivity contribution in [2.24, 2.45) is 0 Å². The number of hydrogen-bond acceptors (Lipinski definition) is 3. The molecule has 2 aromatic carbocycles. The Morgan fingerprint density at radius 3 is 2.19 bits per heavy atom. The van der Waals surface area contributed by atoms with E-state index in [0.717, 1.165) is 12.8 Å². The van der Waals surface area contributed by atoms with Gasteiger partial charge in [-0.25, -0.2) is 13.1 Å². The lowest BCUT2D eigenvalue weighted by atomic mass is 10.1. The average molecular weight is 305 g/mol. The van der Waals surface area contributed by atoms with E-state index in [-0.39, 0.29) is 11.5 Å². The second-order valence-electron chi connectivity index (χ2n) is 4.79. The van der Waals surface area contributed by atoms with Crippen LogP contribution >= 0.6 is 0 Å². The zero-order chi connectivity index (χ0) is 15.1. The van der Waals surface area contributed by atoms with E-state index in [1.807, 2.05) is 30.3 Å². The van der Waals surface area contributed by atoms with Crippen LogP contribution in [0.15, 0.2) is 59.5 Å². The SMILES string of the molecule is O=S(=O)(NCCCc1ccccc1)c1ccc(CO)cc1. The van der Waals surface area contributed by atoms with Crippen LogP contribution in [0.25, 0.3) is 0 Å². The summed E-state index contributed by atoms with van der Waals surface area (Å²) in [7, 11) is -3.47. The first-order chi connectivity index (χ1) is 10.1. The summed E-state index contributed by atoms with van der Waals surface area (Å²) in [6.45, 7) is 0.309. The molecule has 0 bridgehead atoms. The van der Waals surface area contributed by atoms with Crippen molar-refractivity contribution < 1.29 is 13.5 Å². The normalized spacial score (nSPS) is 11.5. The van der Waals surface area contributed by atoms with E-state index >= 15 is 0 Å². The molecule has 0 fully saturated rings. The fourth-order valence-corrected chi connectivity index (χ4v) is 3.08. The number of aryl methyl sites for hydroxylation is 1. The minimum absolute atomic E-state index is 0.0924. The van der Waals surface area contributed by atoms with Crippen LogP contribution in [-0.4, -0.2) is 20.1 Å². The summed E-state index contributed by atoms with van der Waals surface area (Å²) in [6, 6.07) is 16.2. The number of rotatable bonds is 7. The average Bonchev–Trinajstić information content (AvgIpc) is 2.53. The molecule has 4 nitrogen and oxygen atoms in total. The first-order valence-electron chi connectivity index (χ1n) is 6.85. The van der Waals surface area contributed by atoms with Gasteiger partial charge in [0.25, 0.3) is 0 Å². The molecule has 0 atom stereocenters. The van der Waals surface area contributed by atoms with E-state index in [4.69, 9.17) is 5.11 Å².